The molecular weight excluding hydrogens is 899 g/mol. The second-order valence-electron chi connectivity index (χ2n) is 20.6. The number of nitrogens with zero attached hydrogens (tertiary/aromatic N) is 1. The number of aliphatic hydroxyl groups is 2. The van der Waals surface area contributed by atoms with Crippen molar-refractivity contribution >= 4 is 29.2 Å². The topological polar surface area (TPSA) is 194 Å². The van der Waals surface area contributed by atoms with E-state index in [0.717, 1.165) is 18.4 Å². The molecule has 0 radical (unpaired) electrons. The quantitative estimate of drug-likeness (QED) is 0.0911. The normalized spacial score (nSPS) is 38.4. The van der Waals surface area contributed by atoms with Crippen LogP contribution in [0.2, 0.25) is 0 Å². The molecule has 1 saturated carbocycles. The summed E-state index contributed by atoms with van der Waals surface area (Å²) in [4.78, 5) is 72.4. The third kappa shape index (κ3) is 16.3. The molecule has 0 aromatic heterocycles. The average molecular weight is 986 g/mol. The van der Waals surface area contributed by atoms with Crippen molar-refractivity contribution in [2.75, 3.05) is 47.7 Å². The Morgan fingerprint density at radius 3 is 2.27 bits per heavy atom. The van der Waals surface area contributed by atoms with Crippen LogP contribution in [0.5, 0.6) is 0 Å². The molecule has 3 fully saturated rings. The van der Waals surface area contributed by atoms with Crippen LogP contribution in [0.3, 0.4) is 0 Å². The number of methoxy groups -OCH3 is 3. The number of rotatable bonds is 11. The van der Waals surface area contributed by atoms with E-state index in [-0.39, 0.29) is 60.9 Å². The van der Waals surface area contributed by atoms with Gasteiger partial charge in [0.15, 0.2) is 5.78 Å². The first kappa shape index (κ1) is 59.2. The molecule has 1 unspecified atom stereocenters. The molecule has 70 heavy (non-hydrogen) atoms. The summed E-state index contributed by atoms with van der Waals surface area (Å²) in [6.07, 6.45) is 12.4. The molecule has 15 nitrogen and oxygen atoms in total. The number of hydrogen-bond acceptors (Lipinski definition) is 14. The summed E-state index contributed by atoms with van der Waals surface area (Å²) in [5, 5.41) is 23.5. The first-order chi connectivity index (χ1) is 33.3. The SMILES string of the molecule is CCOCCO[C@@H]1CCC(C[C@@H](C)[C@@H]2CC(=O)[C@H](C)/C=C(\C)[C@@H](O)[C@@H](OC)C(=O)[C@H](C)C[C@H](C)/C=C/C=C/C=C(\C)[C@@H](OC)C[C@@H]3CC[C@@H](C)[C@@](O)(O3)C(=O)C(=O)N3CCCC[C@H]3C(=O)O2)C[C@H]1OC. The zero-order valence-electron chi connectivity index (χ0n) is 44.1. The number of cyclic esters (lactones) is 1. The lowest BCUT2D eigenvalue weighted by Crippen LogP contribution is -2.61. The van der Waals surface area contributed by atoms with Crippen LogP contribution in [0, 0.1) is 35.5 Å². The number of hydrogen-bond donors (Lipinski definition) is 2. The van der Waals surface area contributed by atoms with Gasteiger partial charge in [-0.2, -0.15) is 0 Å². The number of carbonyl (C=O) groups excluding carboxylic acids is 5. The third-order valence-electron chi connectivity index (χ3n) is 15.2. The fourth-order valence-electron chi connectivity index (χ4n) is 10.7. The highest BCUT2D eigenvalue weighted by atomic mass is 16.6. The summed E-state index contributed by atoms with van der Waals surface area (Å²) >= 11 is 0. The maximum Gasteiger partial charge on any atom is 0.329 e. The van der Waals surface area contributed by atoms with Gasteiger partial charge >= 0.3 is 5.97 Å². The van der Waals surface area contributed by atoms with Crippen molar-refractivity contribution in [1.82, 2.24) is 4.90 Å². The van der Waals surface area contributed by atoms with Gasteiger partial charge in [0.05, 0.1) is 37.6 Å². The monoisotopic (exact) mass is 986 g/mol. The Balaban J connectivity index is 1.68. The summed E-state index contributed by atoms with van der Waals surface area (Å²) in [6.45, 7) is 16.4. The largest absolute Gasteiger partial charge is 0.460 e. The summed E-state index contributed by atoms with van der Waals surface area (Å²) < 4.78 is 41.5. The van der Waals surface area contributed by atoms with E-state index in [1.54, 1.807) is 41.1 Å². The smallest absolute Gasteiger partial charge is 0.329 e. The van der Waals surface area contributed by atoms with Crippen molar-refractivity contribution in [2.24, 2.45) is 35.5 Å². The van der Waals surface area contributed by atoms with Gasteiger partial charge in [0.2, 0.25) is 5.79 Å². The molecule has 4 aliphatic rings. The van der Waals surface area contributed by atoms with E-state index in [9.17, 15) is 34.2 Å². The van der Waals surface area contributed by atoms with Crippen molar-refractivity contribution in [1.29, 1.82) is 0 Å². The van der Waals surface area contributed by atoms with Gasteiger partial charge in [0, 0.05) is 65.1 Å². The number of aliphatic hydroxyl groups excluding tert-OH is 1. The second-order valence-corrected chi connectivity index (χ2v) is 20.6. The van der Waals surface area contributed by atoms with E-state index in [4.69, 9.17) is 33.2 Å². The number of fused-ring (bicyclic) bond motifs is 3. The van der Waals surface area contributed by atoms with Gasteiger partial charge in [-0.1, -0.05) is 71.1 Å². The van der Waals surface area contributed by atoms with Gasteiger partial charge in [0.1, 0.15) is 30.1 Å². The summed E-state index contributed by atoms with van der Waals surface area (Å²) in [7, 11) is 4.64. The highest BCUT2D eigenvalue weighted by molar-refractivity contribution is 6.39. The number of amides is 1. The van der Waals surface area contributed by atoms with E-state index in [1.807, 2.05) is 65.0 Å². The van der Waals surface area contributed by atoms with Crippen LogP contribution in [-0.4, -0.2) is 147 Å². The summed E-state index contributed by atoms with van der Waals surface area (Å²) in [5.41, 5.74) is 1.28. The Labute approximate surface area is 418 Å². The maximum absolute atomic E-state index is 14.5. The Morgan fingerprint density at radius 2 is 1.59 bits per heavy atom. The van der Waals surface area contributed by atoms with Crippen LogP contribution >= 0.6 is 0 Å². The number of ketones is 3. The van der Waals surface area contributed by atoms with Crippen molar-refractivity contribution in [3.63, 3.8) is 0 Å². The minimum atomic E-state index is -2.43. The zero-order valence-corrected chi connectivity index (χ0v) is 44.1. The molecule has 15 heteroatoms. The van der Waals surface area contributed by atoms with E-state index in [0.29, 0.717) is 76.8 Å². The molecule has 1 aliphatic carbocycles. The Bertz CT molecular complexity index is 1840. The fraction of sp³-hybridized carbons (Fsp3) is 0.764. The van der Waals surface area contributed by atoms with Crippen LogP contribution in [0.4, 0.5) is 0 Å². The van der Waals surface area contributed by atoms with Crippen LogP contribution in [-0.2, 0) is 57.1 Å². The highest BCUT2D eigenvalue weighted by Gasteiger charge is 2.53. The zero-order chi connectivity index (χ0) is 51.7. The molecule has 0 aromatic carbocycles. The van der Waals surface area contributed by atoms with Crippen LogP contribution in [0.1, 0.15) is 132 Å². The second kappa shape index (κ2) is 28.7. The fourth-order valence-corrected chi connectivity index (χ4v) is 10.7. The number of piperidine rings is 1. The Morgan fingerprint density at radius 1 is 0.843 bits per heavy atom. The van der Waals surface area contributed by atoms with Gasteiger partial charge < -0.3 is 48.3 Å². The number of ether oxygens (including phenoxy) is 7. The average Bonchev–Trinajstić information content (AvgIpc) is 3.34. The van der Waals surface area contributed by atoms with Crippen LogP contribution in [0.15, 0.2) is 47.6 Å². The molecule has 2 saturated heterocycles. The van der Waals surface area contributed by atoms with Gasteiger partial charge in [-0.3, -0.25) is 19.2 Å². The lowest BCUT2D eigenvalue weighted by Gasteiger charge is -2.42. The Hall–Kier alpha value is -3.41. The van der Waals surface area contributed by atoms with E-state index >= 15 is 0 Å². The van der Waals surface area contributed by atoms with Crippen molar-refractivity contribution in [3.8, 4) is 0 Å². The highest BCUT2D eigenvalue weighted by Crippen LogP contribution is 2.38. The number of esters is 1. The number of carbonyl (C=O) groups is 5. The standard InChI is InChI=1S/C55H87NO14/c1-12-67-26-27-68-45-24-22-41(31-48(45)65-10)30-37(5)47-33-44(57)36(4)29-39(7)50(59)51(66-11)49(58)38(6)28-34(2)18-14-13-15-19-35(3)46(64-9)32-42-23-21-40(8)55(63,70-42)52(60)53(61)56-25-17-16-20-43(56)54(62)69-47/h13-15,18-19,29,34,36-38,40-43,45-48,50-51,59,63H,12,16-17,20-28,30-33H2,1-11H3/b15-13+,18-14+,35-19+,39-29+/t34-,36-,37-,38-,40-,41?,42+,43+,45-,46+,47+,48-,50-,51+,55-/m1/s1. The number of Topliss-reactive ketones (excluding diaryl/α,β-unsaturated/α-hetero) is 3. The van der Waals surface area contributed by atoms with Crippen molar-refractivity contribution in [3.05, 3.63) is 47.6 Å². The van der Waals surface area contributed by atoms with Gasteiger partial charge in [-0.05, 0) is 114 Å². The molecule has 15 atom stereocenters. The van der Waals surface area contributed by atoms with Gasteiger partial charge in [-0.25, -0.2) is 4.79 Å². The predicted molar refractivity (Wildman–Crippen MR) is 265 cm³/mol. The molecule has 3 heterocycles. The number of allylic oxidation sites excluding steroid dienone is 6. The molecule has 2 N–H and O–H groups in total. The van der Waals surface area contributed by atoms with Crippen LogP contribution < -0.4 is 0 Å². The minimum Gasteiger partial charge on any atom is -0.460 e. The predicted octanol–water partition coefficient (Wildman–Crippen LogP) is 7.24. The van der Waals surface area contributed by atoms with E-state index < -0.39 is 77.8 Å². The minimum absolute atomic E-state index is 0.0195. The molecule has 2 bridgehead atoms. The van der Waals surface area contributed by atoms with Crippen molar-refractivity contribution < 1.29 is 67.3 Å². The molecular formula is C55H87NO14. The molecule has 1 amide bonds. The molecule has 3 aliphatic heterocycles. The molecule has 0 spiro atoms. The molecule has 396 valence electrons. The van der Waals surface area contributed by atoms with E-state index in [1.165, 1.54) is 12.0 Å². The van der Waals surface area contributed by atoms with E-state index in [2.05, 4.69) is 0 Å². The first-order valence-electron chi connectivity index (χ1n) is 26.0. The van der Waals surface area contributed by atoms with Gasteiger partial charge in [0.25, 0.3) is 11.7 Å². The third-order valence-corrected chi connectivity index (χ3v) is 15.2. The van der Waals surface area contributed by atoms with Crippen LogP contribution in [0.25, 0.3) is 0 Å². The Kier molecular flexibility index (Phi) is 24.3. The first-order valence-corrected chi connectivity index (χ1v) is 26.0. The van der Waals surface area contributed by atoms with Gasteiger partial charge in [-0.15, -0.1) is 0 Å². The molecule has 0 aromatic rings. The summed E-state index contributed by atoms with van der Waals surface area (Å²) in [5.74, 6) is -7.83. The molecule has 4 rings (SSSR count). The maximum atomic E-state index is 14.5. The van der Waals surface area contributed by atoms with Crippen molar-refractivity contribution in [2.45, 2.75) is 187 Å². The summed E-state index contributed by atoms with van der Waals surface area (Å²) in [6, 6.07) is -1.14. The lowest BCUT2D eigenvalue weighted by atomic mass is 9.78. The lowest BCUT2D eigenvalue weighted by molar-refractivity contribution is -0.265.